The summed E-state index contributed by atoms with van der Waals surface area (Å²) in [4.78, 5) is 12.8. The lowest BCUT2D eigenvalue weighted by Crippen LogP contribution is -2.11. The van der Waals surface area contributed by atoms with Gasteiger partial charge in [0.25, 0.3) is 0 Å². The SMILES string of the molecule is Cc1cc(-c2nc(C#N)nc3c2ncn3C)cc(F)c1OCCC1CCCCC1.Cl. The van der Waals surface area contributed by atoms with Gasteiger partial charge in [-0.2, -0.15) is 10.2 Å². The van der Waals surface area contributed by atoms with Crippen molar-refractivity contribution in [1.29, 1.82) is 5.26 Å². The molecule has 0 saturated heterocycles. The summed E-state index contributed by atoms with van der Waals surface area (Å²) in [6, 6.07) is 5.20. The number of fused-ring (bicyclic) bond motifs is 1. The molecule has 4 rings (SSSR count). The quantitative estimate of drug-likeness (QED) is 0.562. The van der Waals surface area contributed by atoms with Gasteiger partial charge in [-0.1, -0.05) is 32.1 Å². The Morgan fingerprint density at radius 3 is 2.70 bits per heavy atom. The third kappa shape index (κ3) is 4.39. The first-order valence-corrected chi connectivity index (χ1v) is 10.1. The van der Waals surface area contributed by atoms with E-state index in [2.05, 4.69) is 15.0 Å². The predicted octanol–water partition coefficient (Wildman–Crippen LogP) is 5.12. The normalized spacial score (nSPS) is 14.3. The second-order valence-electron chi connectivity index (χ2n) is 7.78. The van der Waals surface area contributed by atoms with E-state index in [9.17, 15) is 9.65 Å². The number of benzene rings is 1. The number of imidazole rings is 1. The Hall–Kier alpha value is -2.72. The summed E-state index contributed by atoms with van der Waals surface area (Å²) < 4.78 is 22.4. The fourth-order valence-electron chi connectivity index (χ4n) is 4.11. The van der Waals surface area contributed by atoms with Gasteiger partial charge in [0.1, 0.15) is 17.3 Å². The van der Waals surface area contributed by atoms with Crippen molar-refractivity contribution in [3.8, 4) is 23.1 Å². The van der Waals surface area contributed by atoms with Gasteiger partial charge in [-0.3, -0.25) is 0 Å². The Labute approximate surface area is 181 Å². The molecule has 1 aromatic carbocycles. The molecule has 1 fully saturated rings. The average Bonchev–Trinajstić information content (AvgIpc) is 3.10. The first-order valence-electron chi connectivity index (χ1n) is 10.1. The molecule has 3 aromatic rings. The Morgan fingerprint density at radius 2 is 2.00 bits per heavy atom. The van der Waals surface area contributed by atoms with Gasteiger partial charge in [0.15, 0.2) is 17.2 Å². The molecular weight excluding hydrogens is 405 g/mol. The van der Waals surface area contributed by atoms with Crippen LogP contribution in [0.1, 0.15) is 49.9 Å². The van der Waals surface area contributed by atoms with Gasteiger partial charge < -0.3 is 9.30 Å². The van der Waals surface area contributed by atoms with Crippen molar-refractivity contribution in [2.45, 2.75) is 45.4 Å². The van der Waals surface area contributed by atoms with E-state index in [1.54, 1.807) is 17.9 Å². The first-order chi connectivity index (χ1) is 14.1. The summed E-state index contributed by atoms with van der Waals surface area (Å²) in [5.41, 5.74) is 2.78. The van der Waals surface area contributed by atoms with E-state index >= 15 is 0 Å². The molecule has 2 aromatic heterocycles. The maximum absolute atomic E-state index is 14.9. The Kier molecular flexibility index (Phi) is 6.88. The first kappa shape index (κ1) is 22.0. The van der Waals surface area contributed by atoms with Gasteiger partial charge in [-0.05, 0) is 37.0 Å². The third-order valence-electron chi connectivity index (χ3n) is 5.66. The molecule has 0 atom stereocenters. The number of aryl methyl sites for hydroxylation is 2. The molecule has 6 nitrogen and oxygen atoms in total. The van der Waals surface area contributed by atoms with Gasteiger partial charge in [0.05, 0.1) is 12.9 Å². The van der Waals surface area contributed by atoms with E-state index in [1.807, 2.05) is 19.1 Å². The number of aromatic nitrogens is 4. The van der Waals surface area contributed by atoms with Gasteiger partial charge in [0.2, 0.25) is 5.82 Å². The third-order valence-corrected chi connectivity index (χ3v) is 5.66. The highest BCUT2D eigenvalue weighted by atomic mass is 35.5. The molecule has 0 amide bonds. The number of nitrogens with zero attached hydrogens (tertiary/aromatic N) is 5. The summed E-state index contributed by atoms with van der Waals surface area (Å²) in [5, 5.41) is 9.26. The molecule has 0 bridgehead atoms. The maximum atomic E-state index is 14.9. The van der Waals surface area contributed by atoms with Crippen LogP contribution in [-0.4, -0.2) is 26.1 Å². The molecule has 158 valence electrons. The second kappa shape index (κ2) is 9.40. The van der Waals surface area contributed by atoms with E-state index < -0.39 is 5.82 Å². The molecule has 2 heterocycles. The van der Waals surface area contributed by atoms with Crippen molar-refractivity contribution in [1.82, 2.24) is 19.5 Å². The predicted molar refractivity (Wildman–Crippen MR) is 115 cm³/mol. The van der Waals surface area contributed by atoms with Crippen LogP contribution in [0.3, 0.4) is 0 Å². The average molecular weight is 430 g/mol. The smallest absolute Gasteiger partial charge is 0.234 e. The molecular formula is C22H25ClFN5O. The summed E-state index contributed by atoms with van der Waals surface area (Å²) >= 11 is 0. The monoisotopic (exact) mass is 429 g/mol. The van der Waals surface area contributed by atoms with Crippen LogP contribution in [0, 0.1) is 30.0 Å². The van der Waals surface area contributed by atoms with Crippen LogP contribution in [0.2, 0.25) is 0 Å². The van der Waals surface area contributed by atoms with Gasteiger partial charge in [-0.15, -0.1) is 12.4 Å². The molecule has 1 saturated carbocycles. The van der Waals surface area contributed by atoms with E-state index in [4.69, 9.17) is 4.74 Å². The van der Waals surface area contributed by atoms with Crippen LogP contribution >= 0.6 is 12.4 Å². The van der Waals surface area contributed by atoms with E-state index in [-0.39, 0.29) is 24.0 Å². The Morgan fingerprint density at radius 1 is 1.23 bits per heavy atom. The minimum absolute atomic E-state index is 0. The fourth-order valence-corrected chi connectivity index (χ4v) is 4.11. The highest BCUT2D eigenvalue weighted by molar-refractivity contribution is 5.88. The van der Waals surface area contributed by atoms with Crippen molar-refractivity contribution in [3.05, 3.63) is 35.7 Å². The molecule has 1 aliphatic rings. The summed E-state index contributed by atoms with van der Waals surface area (Å²) in [5.74, 6) is 0.581. The number of rotatable bonds is 5. The van der Waals surface area contributed by atoms with Crippen molar-refractivity contribution < 1.29 is 9.13 Å². The second-order valence-corrected chi connectivity index (χ2v) is 7.78. The largest absolute Gasteiger partial charge is 0.490 e. The van der Waals surface area contributed by atoms with Crippen LogP contribution in [0.15, 0.2) is 18.5 Å². The van der Waals surface area contributed by atoms with Crippen molar-refractivity contribution in [2.75, 3.05) is 6.61 Å². The lowest BCUT2D eigenvalue weighted by Gasteiger charge is -2.21. The topological polar surface area (TPSA) is 76.6 Å². The number of halogens is 2. The van der Waals surface area contributed by atoms with E-state index in [1.165, 1.54) is 38.2 Å². The lowest BCUT2D eigenvalue weighted by atomic mass is 9.87. The Balaban J connectivity index is 0.00000256. The molecule has 0 unspecified atom stereocenters. The molecule has 8 heteroatoms. The van der Waals surface area contributed by atoms with Crippen LogP contribution in [0.4, 0.5) is 4.39 Å². The van der Waals surface area contributed by atoms with Gasteiger partial charge in [0, 0.05) is 12.6 Å². The van der Waals surface area contributed by atoms with Crippen LogP contribution in [0.5, 0.6) is 5.75 Å². The number of ether oxygens (including phenoxy) is 1. The van der Waals surface area contributed by atoms with Crippen LogP contribution < -0.4 is 4.74 Å². The zero-order valence-electron chi connectivity index (χ0n) is 17.2. The van der Waals surface area contributed by atoms with Gasteiger partial charge in [-0.25, -0.2) is 14.4 Å². The van der Waals surface area contributed by atoms with Crippen LogP contribution in [-0.2, 0) is 7.05 Å². The molecule has 0 N–H and O–H groups in total. The minimum atomic E-state index is -0.426. The zero-order valence-corrected chi connectivity index (χ0v) is 18.0. The number of hydrogen-bond acceptors (Lipinski definition) is 5. The van der Waals surface area contributed by atoms with E-state index in [0.29, 0.717) is 40.5 Å². The number of nitriles is 1. The molecule has 1 aliphatic carbocycles. The lowest BCUT2D eigenvalue weighted by molar-refractivity contribution is 0.238. The summed E-state index contributed by atoms with van der Waals surface area (Å²) in [6.45, 7) is 2.35. The van der Waals surface area contributed by atoms with Crippen molar-refractivity contribution >= 4 is 23.6 Å². The van der Waals surface area contributed by atoms with E-state index in [0.717, 1.165) is 6.42 Å². The molecule has 30 heavy (non-hydrogen) atoms. The highest BCUT2D eigenvalue weighted by Crippen LogP contribution is 2.32. The standard InChI is InChI=1S/C22H24FN5O.ClH/c1-14-10-16(19-20-22(28(2)13-25-20)27-18(12-24)26-19)11-17(23)21(14)29-9-8-15-6-4-3-5-7-15;/h10-11,13,15H,3-9H2,1-2H3;1H. The maximum Gasteiger partial charge on any atom is 0.234 e. The zero-order chi connectivity index (χ0) is 20.4. The minimum Gasteiger partial charge on any atom is -0.490 e. The summed E-state index contributed by atoms with van der Waals surface area (Å²) in [6.07, 6.45) is 8.98. The molecule has 0 aliphatic heterocycles. The summed E-state index contributed by atoms with van der Waals surface area (Å²) in [7, 11) is 1.79. The highest BCUT2D eigenvalue weighted by Gasteiger charge is 2.18. The fraction of sp³-hybridized carbons (Fsp3) is 0.455. The Bertz CT molecular complexity index is 1060. The molecule has 0 spiro atoms. The van der Waals surface area contributed by atoms with Crippen molar-refractivity contribution in [2.24, 2.45) is 13.0 Å². The van der Waals surface area contributed by atoms with Crippen molar-refractivity contribution in [3.63, 3.8) is 0 Å². The van der Waals surface area contributed by atoms with Gasteiger partial charge >= 0.3 is 0 Å². The molecule has 0 radical (unpaired) electrons. The van der Waals surface area contributed by atoms with Crippen LogP contribution in [0.25, 0.3) is 22.4 Å². The number of hydrogen-bond donors (Lipinski definition) is 0.